The minimum atomic E-state index is -1.05. The summed E-state index contributed by atoms with van der Waals surface area (Å²) < 4.78 is 9.38. The van der Waals surface area contributed by atoms with Gasteiger partial charge in [-0.1, -0.05) is 0 Å². The van der Waals surface area contributed by atoms with E-state index in [4.69, 9.17) is 9.84 Å². The van der Waals surface area contributed by atoms with Crippen molar-refractivity contribution < 1.29 is 24.2 Å². The number of benzene rings is 1. The van der Waals surface area contributed by atoms with E-state index in [1.54, 1.807) is 0 Å². The molecule has 0 amide bonds. The summed E-state index contributed by atoms with van der Waals surface area (Å²) >= 11 is 0. The van der Waals surface area contributed by atoms with Crippen LogP contribution in [0.4, 0.5) is 0 Å². The van der Waals surface area contributed by atoms with Gasteiger partial charge in [-0.3, -0.25) is 0 Å². The molecule has 0 saturated heterocycles. The average molecular weight is 210 g/mol. The number of aliphatic carboxylic acids is 1. The molecule has 0 aliphatic rings. The van der Waals surface area contributed by atoms with Crippen molar-refractivity contribution in [2.24, 2.45) is 0 Å². The SMILES string of the molecule is COC(=O)c1ccc(OCC(=O)O)cc1. The second-order valence-corrected chi connectivity index (χ2v) is 2.70. The van der Waals surface area contributed by atoms with Crippen molar-refractivity contribution >= 4 is 11.9 Å². The lowest BCUT2D eigenvalue weighted by Crippen LogP contribution is -2.09. The predicted octanol–water partition coefficient (Wildman–Crippen LogP) is 0.937. The molecule has 0 aliphatic heterocycles. The van der Waals surface area contributed by atoms with Crippen molar-refractivity contribution in [3.8, 4) is 5.75 Å². The van der Waals surface area contributed by atoms with E-state index in [9.17, 15) is 9.59 Å². The van der Waals surface area contributed by atoms with Crippen LogP contribution in [0.2, 0.25) is 0 Å². The van der Waals surface area contributed by atoms with Crippen molar-refractivity contribution in [2.75, 3.05) is 13.7 Å². The molecule has 5 nitrogen and oxygen atoms in total. The first-order valence-electron chi connectivity index (χ1n) is 4.16. The summed E-state index contributed by atoms with van der Waals surface area (Å²) in [7, 11) is 1.29. The zero-order valence-corrected chi connectivity index (χ0v) is 8.10. The topological polar surface area (TPSA) is 72.8 Å². The summed E-state index contributed by atoms with van der Waals surface area (Å²) in [6.07, 6.45) is 0. The highest BCUT2D eigenvalue weighted by Crippen LogP contribution is 2.12. The number of carboxylic acid groups (broad SMARTS) is 1. The zero-order valence-electron chi connectivity index (χ0n) is 8.10. The van der Waals surface area contributed by atoms with Crippen LogP contribution in [0.25, 0.3) is 0 Å². The quantitative estimate of drug-likeness (QED) is 0.748. The fourth-order valence-electron chi connectivity index (χ4n) is 0.950. The zero-order chi connectivity index (χ0) is 11.3. The molecule has 0 radical (unpaired) electrons. The number of rotatable bonds is 4. The van der Waals surface area contributed by atoms with Crippen molar-refractivity contribution in [3.63, 3.8) is 0 Å². The molecule has 5 heteroatoms. The lowest BCUT2D eigenvalue weighted by Gasteiger charge is -2.03. The van der Waals surface area contributed by atoms with E-state index in [1.807, 2.05) is 0 Å². The molecule has 0 spiro atoms. The average Bonchev–Trinajstić information content (AvgIpc) is 2.26. The van der Waals surface area contributed by atoms with Gasteiger partial charge in [0.2, 0.25) is 0 Å². The van der Waals surface area contributed by atoms with Gasteiger partial charge < -0.3 is 14.6 Å². The molecule has 15 heavy (non-hydrogen) atoms. The van der Waals surface area contributed by atoms with E-state index in [1.165, 1.54) is 31.4 Å². The van der Waals surface area contributed by atoms with E-state index in [0.717, 1.165) is 0 Å². The standard InChI is InChI=1S/C10H10O5/c1-14-10(13)7-2-4-8(5-3-7)15-6-9(11)12/h2-5H,6H2,1H3,(H,11,12). The Hall–Kier alpha value is -2.04. The minimum absolute atomic E-state index is 0.389. The Balaban J connectivity index is 2.64. The molecule has 80 valence electrons. The fraction of sp³-hybridized carbons (Fsp3) is 0.200. The molecule has 1 aromatic rings. The van der Waals surface area contributed by atoms with E-state index in [2.05, 4.69) is 4.74 Å². The molecule has 0 atom stereocenters. The van der Waals surface area contributed by atoms with Crippen LogP contribution in [0.15, 0.2) is 24.3 Å². The van der Waals surface area contributed by atoms with Crippen LogP contribution in [0.3, 0.4) is 0 Å². The number of carbonyl (C=O) groups is 2. The number of hydrogen-bond donors (Lipinski definition) is 1. The third-order valence-corrected chi connectivity index (χ3v) is 1.64. The summed E-state index contributed by atoms with van der Waals surface area (Å²) in [5, 5.41) is 8.36. The Morgan fingerprint density at radius 3 is 2.33 bits per heavy atom. The second kappa shape index (κ2) is 4.99. The monoisotopic (exact) mass is 210 g/mol. The Morgan fingerprint density at radius 2 is 1.87 bits per heavy atom. The number of hydrogen-bond acceptors (Lipinski definition) is 4. The van der Waals surface area contributed by atoms with Crippen molar-refractivity contribution in [3.05, 3.63) is 29.8 Å². The molecular formula is C10H10O5. The van der Waals surface area contributed by atoms with Crippen molar-refractivity contribution in [1.29, 1.82) is 0 Å². The third kappa shape index (κ3) is 3.30. The van der Waals surface area contributed by atoms with Crippen LogP contribution in [-0.2, 0) is 9.53 Å². The Kier molecular flexibility index (Phi) is 3.68. The van der Waals surface area contributed by atoms with E-state index in [-0.39, 0.29) is 0 Å². The normalized spacial score (nSPS) is 9.40. The molecule has 1 N–H and O–H groups in total. The molecule has 0 aliphatic carbocycles. The third-order valence-electron chi connectivity index (χ3n) is 1.64. The summed E-state index contributed by atoms with van der Waals surface area (Å²) in [4.78, 5) is 21.2. The van der Waals surface area contributed by atoms with Gasteiger partial charge in [-0.2, -0.15) is 0 Å². The maximum atomic E-state index is 11.0. The largest absolute Gasteiger partial charge is 0.482 e. The van der Waals surface area contributed by atoms with Crippen molar-refractivity contribution in [1.82, 2.24) is 0 Å². The van der Waals surface area contributed by atoms with Gasteiger partial charge in [0.15, 0.2) is 6.61 Å². The molecule has 0 aromatic heterocycles. The number of carbonyl (C=O) groups excluding carboxylic acids is 1. The number of carboxylic acids is 1. The molecule has 0 saturated carbocycles. The first-order valence-corrected chi connectivity index (χ1v) is 4.16. The molecule has 1 aromatic carbocycles. The molecule has 0 unspecified atom stereocenters. The fourth-order valence-corrected chi connectivity index (χ4v) is 0.950. The van der Waals surface area contributed by atoms with Crippen LogP contribution >= 0.6 is 0 Å². The van der Waals surface area contributed by atoms with Gasteiger partial charge in [0.1, 0.15) is 5.75 Å². The van der Waals surface area contributed by atoms with Crippen LogP contribution in [0, 0.1) is 0 Å². The second-order valence-electron chi connectivity index (χ2n) is 2.70. The summed E-state index contributed by atoms with van der Waals surface area (Å²) in [5.41, 5.74) is 0.389. The summed E-state index contributed by atoms with van der Waals surface area (Å²) in [5.74, 6) is -1.10. The van der Waals surface area contributed by atoms with Crippen molar-refractivity contribution in [2.45, 2.75) is 0 Å². The van der Waals surface area contributed by atoms with Gasteiger partial charge in [0.05, 0.1) is 12.7 Å². The smallest absolute Gasteiger partial charge is 0.341 e. The number of esters is 1. The van der Waals surface area contributed by atoms with Gasteiger partial charge in [-0.15, -0.1) is 0 Å². The first-order chi connectivity index (χ1) is 7.13. The lowest BCUT2D eigenvalue weighted by molar-refractivity contribution is -0.139. The van der Waals surface area contributed by atoms with Crippen LogP contribution in [0.1, 0.15) is 10.4 Å². The Morgan fingerprint density at radius 1 is 1.27 bits per heavy atom. The Labute approximate surface area is 86.2 Å². The first kappa shape index (κ1) is 11.0. The highest BCUT2D eigenvalue weighted by atomic mass is 16.5. The predicted molar refractivity (Wildman–Crippen MR) is 50.9 cm³/mol. The highest BCUT2D eigenvalue weighted by Gasteiger charge is 2.05. The van der Waals surface area contributed by atoms with Gasteiger partial charge in [0, 0.05) is 0 Å². The molecule has 0 fully saturated rings. The van der Waals surface area contributed by atoms with E-state index < -0.39 is 18.5 Å². The van der Waals surface area contributed by atoms with Gasteiger partial charge in [-0.25, -0.2) is 9.59 Å². The Bertz CT molecular complexity index is 355. The maximum Gasteiger partial charge on any atom is 0.341 e. The molecule has 1 rings (SSSR count). The van der Waals surface area contributed by atoms with E-state index >= 15 is 0 Å². The number of ether oxygens (including phenoxy) is 2. The van der Waals surface area contributed by atoms with Crippen LogP contribution in [-0.4, -0.2) is 30.8 Å². The minimum Gasteiger partial charge on any atom is -0.482 e. The summed E-state index contributed by atoms with van der Waals surface area (Å²) in [6, 6.07) is 6.02. The number of methoxy groups -OCH3 is 1. The molecule has 0 heterocycles. The highest BCUT2D eigenvalue weighted by molar-refractivity contribution is 5.89. The molecular weight excluding hydrogens is 200 g/mol. The van der Waals surface area contributed by atoms with E-state index in [0.29, 0.717) is 11.3 Å². The van der Waals surface area contributed by atoms with Crippen LogP contribution in [0.5, 0.6) is 5.75 Å². The van der Waals surface area contributed by atoms with Gasteiger partial charge >= 0.3 is 11.9 Å². The molecule has 0 bridgehead atoms. The van der Waals surface area contributed by atoms with Crippen LogP contribution < -0.4 is 4.74 Å². The maximum absolute atomic E-state index is 11.0. The lowest BCUT2D eigenvalue weighted by atomic mass is 10.2. The van der Waals surface area contributed by atoms with Gasteiger partial charge in [-0.05, 0) is 24.3 Å². The van der Waals surface area contributed by atoms with Gasteiger partial charge in [0.25, 0.3) is 0 Å². The summed E-state index contributed by atoms with van der Waals surface area (Å²) in [6.45, 7) is -0.405.